The number of carboxylic acids is 1. The van der Waals surface area contributed by atoms with E-state index in [0.717, 1.165) is 0 Å². The first-order chi connectivity index (χ1) is 12.0. The minimum atomic E-state index is -1.27. The van der Waals surface area contributed by atoms with Crippen LogP contribution in [0.2, 0.25) is 0 Å². The van der Waals surface area contributed by atoms with E-state index in [2.05, 4.69) is 0 Å². The maximum Gasteiger partial charge on any atom is 0.342 e. The summed E-state index contributed by atoms with van der Waals surface area (Å²) in [5.41, 5.74) is 0.730. The van der Waals surface area contributed by atoms with Gasteiger partial charge in [0.2, 0.25) is 0 Å². The van der Waals surface area contributed by atoms with Crippen molar-refractivity contribution in [1.82, 2.24) is 4.57 Å². The monoisotopic (exact) mass is 339 g/mol. The van der Waals surface area contributed by atoms with Crippen molar-refractivity contribution >= 4 is 16.9 Å². The first-order valence-corrected chi connectivity index (χ1v) is 7.57. The highest BCUT2D eigenvalue weighted by Crippen LogP contribution is 2.37. The number of nitrogens with zero attached hydrogens (tertiary/aromatic N) is 1. The molecule has 0 spiro atoms. The van der Waals surface area contributed by atoms with Gasteiger partial charge in [0, 0.05) is 24.1 Å². The fourth-order valence-corrected chi connectivity index (χ4v) is 2.97. The molecule has 1 heterocycles. The molecule has 25 heavy (non-hydrogen) atoms. The summed E-state index contributed by atoms with van der Waals surface area (Å²) in [5, 5.41) is 10.3. The summed E-state index contributed by atoms with van der Waals surface area (Å²) in [7, 11) is 4.55. The van der Waals surface area contributed by atoms with Gasteiger partial charge in [-0.2, -0.15) is 0 Å². The van der Waals surface area contributed by atoms with Crippen LogP contribution in [0.1, 0.15) is 10.4 Å². The molecule has 0 amide bonds. The van der Waals surface area contributed by atoms with E-state index in [9.17, 15) is 14.7 Å². The van der Waals surface area contributed by atoms with Crippen LogP contribution in [-0.4, -0.2) is 29.9 Å². The molecule has 2 aromatic carbocycles. The number of fused-ring (bicyclic) bond motifs is 1. The zero-order valence-electron chi connectivity index (χ0n) is 14.1. The molecule has 3 rings (SSSR count). The van der Waals surface area contributed by atoms with E-state index in [4.69, 9.17) is 9.47 Å². The van der Waals surface area contributed by atoms with Crippen molar-refractivity contribution < 1.29 is 19.4 Å². The van der Waals surface area contributed by atoms with Crippen LogP contribution in [0.15, 0.2) is 47.3 Å². The molecule has 0 unspecified atom stereocenters. The van der Waals surface area contributed by atoms with E-state index in [1.807, 2.05) is 6.07 Å². The largest absolute Gasteiger partial charge is 0.493 e. The average molecular weight is 339 g/mol. The standard InChI is InChI=1S/C19H17NO5/c1-20-13-10-15(25-3)14(24-2)9-12(13)16(11-7-5-4-6-8-11)17(18(20)21)19(22)23/h4-10H,1-3H3,(H,22,23). The van der Waals surface area contributed by atoms with E-state index in [-0.39, 0.29) is 5.56 Å². The normalized spacial score (nSPS) is 10.7. The summed E-state index contributed by atoms with van der Waals surface area (Å²) in [6, 6.07) is 12.3. The molecule has 1 aromatic heterocycles. The summed E-state index contributed by atoms with van der Waals surface area (Å²) in [5.74, 6) is -0.342. The third-order valence-corrected chi connectivity index (χ3v) is 4.18. The summed E-state index contributed by atoms with van der Waals surface area (Å²) in [6.45, 7) is 0. The van der Waals surface area contributed by atoms with Crippen molar-refractivity contribution in [3.05, 3.63) is 58.4 Å². The summed E-state index contributed by atoms with van der Waals surface area (Å²) in [6.07, 6.45) is 0. The number of pyridine rings is 1. The SMILES string of the molecule is COc1cc2c(-c3ccccc3)c(C(=O)O)c(=O)n(C)c2cc1OC. The number of carbonyl (C=O) groups is 1. The van der Waals surface area contributed by atoms with Crippen molar-refractivity contribution in [3.8, 4) is 22.6 Å². The Balaban J connectivity index is 2.57. The Morgan fingerprint density at radius 2 is 1.64 bits per heavy atom. The first kappa shape index (κ1) is 16.6. The number of benzene rings is 2. The van der Waals surface area contributed by atoms with E-state index >= 15 is 0 Å². The van der Waals surface area contributed by atoms with Crippen LogP contribution in [-0.2, 0) is 7.05 Å². The lowest BCUT2D eigenvalue weighted by Crippen LogP contribution is -2.26. The van der Waals surface area contributed by atoms with Crippen LogP contribution in [0, 0.1) is 0 Å². The Hall–Kier alpha value is -3.28. The lowest BCUT2D eigenvalue weighted by Gasteiger charge is -2.16. The summed E-state index contributed by atoms with van der Waals surface area (Å²) >= 11 is 0. The van der Waals surface area contributed by atoms with Gasteiger partial charge in [-0.15, -0.1) is 0 Å². The zero-order valence-corrected chi connectivity index (χ0v) is 14.1. The fraction of sp³-hybridized carbons (Fsp3) is 0.158. The van der Waals surface area contributed by atoms with Gasteiger partial charge in [-0.25, -0.2) is 4.79 Å². The average Bonchev–Trinajstić information content (AvgIpc) is 2.63. The molecular formula is C19H17NO5. The molecule has 6 heteroatoms. The smallest absolute Gasteiger partial charge is 0.342 e. The summed E-state index contributed by atoms with van der Waals surface area (Å²) < 4.78 is 12.0. The number of aromatic nitrogens is 1. The van der Waals surface area contributed by atoms with Gasteiger partial charge in [0.25, 0.3) is 5.56 Å². The number of carboxylic acid groups (broad SMARTS) is 1. The van der Waals surface area contributed by atoms with Gasteiger partial charge < -0.3 is 19.1 Å². The van der Waals surface area contributed by atoms with Gasteiger partial charge in [0.1, 0.15) is 5.56 Å². The number of hydrogen-bond donors (Lipinski definition) is 1. The van der Waals surface area contributed by atoms with E-state index in [1.54, 1.807) is 36.4 Å². The predicted molar refractivity (Wildman–Crippen MR) is 94.7 cm³/mol. The highest BCUT2D eigenvalue weighted by atomic mass is 16.5. The lowest BCUT2D eigenvalue weighted by molar-refractivity contribution is 0.0695. The van der Waals surface area contributed by atoms with Crippen LogP contribution in [0.3, 0.4) is 0 Å². The number of methoxy groups -OCH3 is 2. The first-order valence-electron chi connectivity index (χ1n) is 7.57. The maximum absolute atomic E-state index is 12.7. The summed E-state index contributed by atoms with van der Waals surface area (Å²) in [4.78, 5) is 24.5. The number of aryl methyl sites for hydroxylation is 1. The second kappa shape index (κ2) is 6.32. The Bertz CT molecular complexity index is 1020. The molecule has 0 bridgehead atoms. The van der Waals surface area contributed by atoms with Crippen LogP contribution in [0.5, 0.6) is 11.5 Å². The highest BCUT2D eigenvalue weighted by molar-refractivity contribution is 6.07. The molecule has 3 aromatic rings. The zero-order chi connectivity index (χ0) is 18.1. The highest BCUT2D eigenvalue weighted by Gasteiger charge is 2.23. The van der Waals surface area contributed by atoms with Crippen LogP contribution in [0.25, 0.3) is 22.0 Å². The Morgan fingerprint density at radius 1 is 1.04 bits per heavy atom. The molecule has 0 saturated heterocycles. The minimum Gasteiger partial charge on any atom is -0.493 e. The Kier molecular flexibility index (Phi) is 4.19. The topological polar surface area (TPSA) is 77.8 Å². The van der Waals surface area contributed by atoms with Gasteiger partial charge in [0.15, 0.2) is 11.5 Å². The van der Waals surface area contributed by atoms with Crippen LogP contribution >= 0.6 is 0 Å². The van der Waals surface area contributed by atoms with E-state index in [1.165, 1.54) is 25.8 Å². The second-order valence-electron chi connectivity index (χ2n) is 5.51. The molecule has 0 fully saturated rings. The third-order valence-electron chi connectivity index (χ3n) is 4.18. The molecule has 0 aliphatic rings. The molecule has 0 aliphatic carbocycles. The molecule has 0 saturated carbocycles. The molecule has 1 N–H and O–H groups in total. The van der Waals surface area contributed by atoms with Gasteiger partial charge >= 0.3 is 5.97 Å². The van der Waals surface area contributed by atoms with E-state index in [0.29, 0.717) is 33.5 Å². The van der Waals surface area contributed by atoms with E-state index < -0.39 is 11.5 Å². The lowest BCUT2D eigenvalue weighted by atomic mass is 9.95. The van der Waals surface area contributed by atoms with Gasteiger partial charge in [0.05, 0.1) is 19.7 Å². The Morgan fingerprint density at radius 3 is 2.20 bits per heavy atom. The number of rotatable bonds is 4. The van der Waals surface area contributed by atoms with Crippen molar-refractivity contribution in [2.24, 2.45) is 7.05 Å². The van der Waals surface area contributed by atoms with Gasteiger partial charge in [-0.1, -0.05) is 30.3 Å². The van der Waals surface area contributed by atoms with Crippen molar-refractivity contribution in [3.63, 3.8) is 0 Å². The quantitative estimate of drug-likeness (QED) is 0.791. The van der Waals surface area contributed by atoms with Gasteiger partial charge in [-0.05, 0) is 11.6 Å². The molecular weight excluding hydrogens is 322 g/mol. The predicted octanol–water partition coefficient (Wildman–Crippen LogP) is 2.92. The number of ether oxygens (including phenoxy) is 2. The number of hydrogen-bond acceptors (Lipinski definition) is 4. The molecule has 0 radical (unpaired) electrons. The molecule has 0 aliphatic heterocycles. The molecule has 128 valence electrons. The van der Waals surface area contributed by atoms with Crippen molar-refractivity contribution in [1.29, 1.82) is 0 Å². The van der Waals surface area contributed by atoms with Crippen molar-refractivity contribution in [2.45, 2.75) is 0 Å². The maximum atomic E-state index is 12.7. The minimum absolute atomic E-state index is 0.270. The number of aromatic carboxylic acids is 1. The Labute approximate surface area is 143 Å². The van der Waals surface area contributed by atoms with Crippen LogP contribution < -0.4 is 15.0 Å². The van der Waals surface area contributed by atoms with Crippen LogP contribution in [0.4, 0.5) is 0 Å². The molecule has 0 atom stereocenters. The van der Waals surface area contributed by atoms with Gasteiger partial charge in [-0.3, -0.25) is 4.79 Å². The second-order valence-corrected chi connectivity index (χ2v) is 5.51. The fourth-order valence-electron chi connectivity index (χ4n) is 2.97. The molecule has 6 nitrogen and oxygen atoms in total. The van der Waals surface area contributed by atoms with Crippen molar-refractivity contribution in [2.75, 3.05) is 14.2 Å². The third kappa shape index (κ3) is 2.61.